The number of thioether (sulfide) groups is 1. The Labute approximate surface area is 335 Å². The average molecular weight is 744 g/mol. The van der Waals surface area contributed by atoms with E-state index in [1.165, 1.54) is 65.7 Å². The van der Waals surface area contributed by atoms with Crippen LogP contribution in [-0.2, 0) is 5.41 Å². The van der Waals surface area contributed by atoms with Crippen molar-refractivity contribution in [2.24, 2.45) is 0 Å². The van der Waals surface area contributed by atoms with Crippen molar-refractivity contribution in [3.63, 3.8) is 0 Å². The van der Waals surface area contributed by atoms with Gasteiger partial charge in [-0.2, -0.15) is 0 Å². The molecule has 0 saturated carbocycles. The molecule has 266 valence electrons. The molecule has 57 heavy (non-hydrogen) atoms. The minimum absolute atomic E-state index is 0.192. The summed E-state index contributed by atoms with van der Waals surface area (Å²) in [5.41, 5.74) is 16.4. The summed E-state index contributed by atoms with van der Waals surface area (Å²) in [5, 5.41) is 3.80. The molecule has 0 N–H and O–H groups in total. The highest BCUT2D eigenvalue weighted by Gasteiger charge is 2.52. The van der Waals surface area contributed by atoms with Gasteiger partial charge in [0.1, 0.15) is 0 Å². The van der Waals surface area contributed by atoms with E-state index in [-0.39, 0.29) is 5.92 Å². The molecule has 9 aromatic rings. The second kappa shape index (κ2) is 11.6. The first-order valence-corrected chi connectivity index (χ1v) is 20.6. The van der Waals surface area contributed by atoms with E-state index in [1.54, 1.807) is 0 Å². The summed E-state index contributed by atoms with van der Waals surface area (Å²) >= 11 is 1.96. The zero-order chi connectivity index (χ0) is 37.2. The van der Waals surface area contributed by atoms with Crippen molar-refractivity contribution < 1.29 is 0 Å². The van der Waals surface area contributed by atoms with Crippen molar-refractivity contribution >= 4 is 56.8 Å². The number of nitrogens with zero attached hydrogens (tertiary/aromatic N) is 3. The van der Waals surface area contributed by atoms with Crippen LogP contribution in [0.3, 0.4) is 0 Å². The van der Waals surface area contributed by atoms with Gasteiger partial charge >= 0.3 is 0 Å². The number of benzene rings is 8. The smallest absolute Gasteiger partial charge is 0.235 e. The zero-order valence-electron chi connectivity index (χ0n) is 30.8. The van der Waals surface area contributed by atoms with E-state index in [0.29, 0.717) is 11.2 Å². The molecule has 2 aliphatic heterocycles. The van der Waals surface area contributed by atoms with Gasteiger partial charge in [0, 0.05) is 32.6 Å². The molecule has 4 heteroatoms. The molecule has 0 radical (unpaired) electrons. The van der Waals surface area contributed by atoms with Crippen molar-refractivity contribution in [2.45, 2.75) is 21.5 Å². The molecule has 0 bridgehead atoms. The van der Waals surface area contributed by atoms with Crippen LogP contribution in [0.25, 0.3) is 50.1 Å². The molecule has 0 saturated heterocycles. The maximum Gasteiger partial charge on any atom is 0.235 e. The third-order valence-corrected chi connectivity index (χ3v) is 14.1. The number of hydrogen-bond donors (Lipinski definition) is 0. The fourth-order valence-electron chi connectivity index (χ4n) is 10.5. The first-order valence-electron chi connectivity index (χ1n) is 19.7. The zero-order valence-corrected chi connectivity index (χ0v) is 31.6. The van der Waals surface area contributed by atoms with Gasteiger partial charge in [-0.05, 0) is 85.6 Å². The minimum atomic E-state index is -0.502. The van der Waals surface area contributed by atoms with Gasteiger partial charge < -0.3 is 0 Å². The first kappa shape index (κ1) is 31.5. The predicted molar refractivity (Wildman–Crippen MR) is 235 cm³/mol. The highest BCUT2D eigenvalue weighted by atomic mass is 32.2. The monoisotopic (exact) mass is 743 g/mol. The summed E-state index contributed by atoms with van der Waals surface area (Å²) in [4.78, 5) is 15.1. The van der Waals surface area contributed by atoms with E-state index < -0.39 is 5.41 Å². The Morgan fingerprint density at radius 3 is 1.93 bits per heavy atom. The number of rotatable bonds is 2. The van der Waals surface area contributed by atoms with Crippen molar-refractivity contribution in [1.29, 1.82) is 0 Å². The van der Waals surface area contributed by atoms with Crippen LogP contribution < -0.4 is 4.90 Å². The number of para-hydroxylation sites is 2. The fourth-order valence-corrected chi connectivity index (χ4v) is 11.9. The molecule has 2 aliphatic carbocycles. The molecule has 1 aromatic heterocycles. The molecule has 1 spiro atoms. The maximum absolute atomic E-state index is 5.76. The van der Waals surface area contributed by atoms with Gasteiger partial charge in [-0.1, -0.05) is 158 Å². The Bertz CT molecular complexity index is 3120. The third kappa shape index (κ3) is 4.18. The van der Waals surface area contributed by atoms with Gasteiger partial charge in [0.2, 0.25) is 5.95 Å². The van der Waals surface area contributed by atoms with Crippen LogP contribution in [0.4, 0.5) is 17.3 Å². The Morgan fingerprint density at radius 1 is 0.544 bits per heavy atom. The van der Waals surface area contributed by atoms with Gasteiger partial charge in [-0.25, -0.2) is 9.97 Å². The van der Waals surface area contributed by atoms with Gasteiger partial charge in [-0.3, -0.25) is 4.90 Å². The molecule has 2 atom stereocenters. The lowest BCUT2D eigenvalue weighted by Crippen LogP contribution is -2.36. The summed E-state index contributed by atoms with van der Waals surface area (Å²) in [6.07, 6.45) is 4.69. The molecule has 2 unspecified atom stereocenters. The molecule has 13 rings (SSSR count). The first-order chi connectivity index (χ1) is 28.3. The number of aromatic nitrogens is 2. The Morgan fingerprint density at radius 2 is 1.18 bits per heavy atom. The van der Waals surface area contributed by atoms with Crippen LogP contribution >= 0.6 is 11.8 Å². The van der Waals surface area contributed by atoms with Crippen LogP contribution in [0.1, 0.15) is 44.9 Å². The summed E-state index contributed by atoms with van der Waals surface area (Å²) in [6, 6.07) is 64.6. The molecular formula is C53H33N3S. The molecular weight excluding hydrogens is 711 g/mol. The van der Waals surface area contributed by atoms with Crippen molar-refractivity contribution in [3.8, 4) is 22.4 Å². The lowest BCUT2D eigenvalue weighted by Gasteiger charge is -2.44. The van der Waals surface area contributed by atoms with Crippen molar-refractivity contribution in [3.05, 3.63) is 221 Å². The van der Waals surface area contributed by atoms with E-state index in [1.807, 2.05) is 11.8 Å². The lowest BCUT2D eigenvalue weighted by atomic mass is 9.65. The maximum atomic E-state index is 5.76. The summed E-state index contributed by atoms with van der Waals surface area (Å²) in [5.74, 6) is 0.874. The standard InChI is InChI=1S/C53H33N3S/c1-2-15-34-31-35(26-25-32(34)13-1)50-39-28-30-47-49(48-36-16-4-3-14-33(36)27-29-46(48)57-47)51(39)55-52(54-50)56-44-23-11-9-21-42(44)53(43-22-10-12-24-45(43)56)40-19-7-5-17-37(40)38-18-6-8-20-41(38)53/h1-31,46,48H. The fraction of sp³-hybridized carbons (Fsp3) is 0.0566. The highest BCUT2D eigenvalue weighted by Crippen LogP contribution is 2.63. The van der Waals surface area contributed by atoms with Crippen LogP contribution in [0, 0.1) is 0 Å². The van der Waals surface area contributed by atoms with Crippen LogP contribution in [-0.4, -0.2) is 15.2 Å². The van der Waals surface area contributed by atoms with Gasteiger partial charge in [0.05, 0.1) is 28.0 Å². The Kier molecular flexibility index (Phi) is 6.42. The Balaban J connectivity index is 1.12. The topological polar surface area (TPSA) is 29.0 Å². The van der Waals surface area contributed by atoms with Crippen LogP contribution in [0.15, 0.2) is 187 Å². The molecule has 0 fully saturated rings. The highest BCUT2D eigenvalue weighted by molar-refractivity contribution is 8.00. The molecule has 3 heterocycles. The van der Waals surface area contributed by atoms with E-state index in [0.717, 1.165) is 33.5 Å². The van der Waals surface area contributed by atoms with Gasteiger partial charge in [0.15, 0.2) is 0 Å². The number of fused-ring (bicyclic) bond motifs is 17. The van der Waals surface area contributed by atoms with Crippen LogP contribution in [0.2, 0.25) is 0 Å². The van der Waals surface area contributed by atoms with E-state index in [2.05, 4.69) is 193 Å². The van der Waals surface area contributed by atoms with Crippen molar-refractivity contribution in [1.82, 2.24) is 9.97 Å². The molecule has 0 amide bonds. The summed E-state index contributed by atoms with van der Waals surface area (Å²) in [6.45, 7) is 0. The second-order valence-electron chi connectivity index (χ2n) is 15.6. The van der Waals surface area contributed by atoms with Gasteiger partial charge in [0.25, 0.3) is 0 Å². The van der Waals surface area contributed by atoms with E-state index in [9.17, 15) is 0 Å². The number of anilines is 3. The predicted octanol–water partition coefficient (Wildman–Crippen LogP) is 13.2. The van der Waals surface area contributed by atoms with Gasteiger partial charge in [-0.15, -0.1) is 11.8 Å². The molecule has 3 nitrogen and oxygen atoms in total. The summed E-state index contributed by atoms with van der Waals surface area (Å²) in [7, 11) is 0. The average Bonchev–Trinajstić information content (AvgIpc) is 3.81. The largest absolute Gasteiger partial charge is 0.278 e. The normalized spacial score (nSPS) is 17.4. The summed E-state index contributed by atoms with van der Waals surface area (Å²) < 4.78 is 0. The van der Waals surface area contributed by atoms with Crippen molar-refractivity contribution in [2.75, 3.05) is 4.90 Å². The Hall–Kier alpha value is -6.75. The quantitative estimate of drug-likeness (QED) is 0.176. The lowest BCUT2D eigenvalue weighted by molar-refractivity contribution is 0.750. The SMILES string of the molecule is C1=CC2Sc3ccc4c(-c5ccc6ccccc6c5)nc(N5c6ccccc6C6(c7ccccc7-c7ccccc76)c6ccccc65)nc4c3C2c2ccccc21. The third-order valence-electron chi connectivity index (χ3n) is 12.8. The molecule has 8 aromatic carbocycles. The molecule has 4 aliphatic rings. The number of hydrogen-bond acceptors (Lipinski definition) is 4. The second-order valence-corrected chi connectivity index (χ2v) is 16.8. The van der Waals surface area contributed by atoms with E-state index in [4.69, 9.17) is 9.97 Å². The minimum Gasteiger partial charge on any atom is -0.278 e. The van der Waals surface area contributed by atoms with E-state index >= 15 is 0 Å². The van der Waals surface area contributed by atoms with Crippen LogP contribution in [0.5, 0.6) is 0 Å².